The van der Waals surface area contributed by atoms with E-state index < -0.39 is 24.5 Å². The van der Waals surface area contributed by atoms with Gasteiger partial charge in [0.25, 0.3) is 5.91 Å². The van der Waals surface area contributed by atoms with Crippen molar-refractivity contribution in [1.82, 2.24) is 0 Å². The van der Waals surface area contributed by atoms with Gasteiger partial charge in [0.15, 0.2) is 6.61 Å². The molecule has 0 fully saturated rings. The van der Waals surface area contributed by atoms with Crippen molar-refractivity contribution in [2.24, 2.45) is 0 Å². The number of anilines is 1. The number of carbonyl (C=O) groups excluding carboxylic acids is 3. The summed E-state index contributed by atoms with van der Waals surface area (Å²) in [4.78, 5) is 35.5. The Bertz CT molecular complexity index is 877. The third-order valence-electron chi connectivity index (χ3n) is 3.74. The Labute approximate surface area is 174 Å². The van der Waals surface area contributed by atoms with Gasteiger partial charge in [-0.2, -0.15) is 0 Å². The molecular weight excluding hydrogens is 394 g/mol. The second kappa shape index (κ2) is 11.7. The predicted octanol–water partition coefficient (Wildman–Crippen LogP) is 4.49. The molecule has 0 bridgehead atoms. The van der Waals surface area contributed by atoms with Crippen molar-refractivity contribution < 1.29 is 23.9 Å². The number of halogens is 1. The minimum absolute atomic E-state index is 0.380. The van der Waals surface area contributed by atoms with Gasteiger partial charge in [-0.3, -0.25) is 4.79 Å². The lowest BCUT2D eigenvalue weighted by Crippen LogP contribution is -2.20. The van der Waals surface area contributed by atoms with Gasteiger partial charge < -0.3 is 14.8 Å². The minimum Gasteiger partial charge on any atom is -0.462 e. The number of nitrogens with one attached hydrogen (secondary N) is 1. The zero-order valence-electron chi connectivity index (χ0n) is 16.0. The van der Waals surface area contributed by atoms with Crippen molar-refractivity contribution in [3.8, 4) is 0 Å². The van der Waals surface area contributed by atoms with Crippen LogP contribution in [0.25, 0.3) is 6.08 Å². The molecule has 0 aliphatic carbocycles. The molecule has 152 valence electrons. The molecule has 0 unspecified atom stereocenters. The van der Waals surface area contributed by atoms with E-state index in [2.05, 4.69) is 5.32 Å². The standard InChI is InChI=1S/C22H22ClNO5/c1-2-3-13-28-22(27)17-8-10-19(11-9-17)24-20(25)15-29-21(26)12-7-16-5-4-6-18(23)14-16/h4-12,14H,2-3,13,15H2,1H3,(H,24,25)/b12-7+. The molecule has 0 spiro atoms. The fraction of sp³-hybridized carbons (Fsp3) is 0.227. The third-order valence-corrected chi connectivity index (χ3v) is 3.98. The first kappa shape index (κ1) is 22.2. The van der Waals surface area contributed by atoms with Crippen molar-refractivity contribution in [2.75, 3.05) is 18.5 Å². The monoisotopic (exact) mass is 415 g/mol. The summed E-state index contributed by atoms with van der Waals surface area (Å²) in [7, 11) is 0. The maximum Gasteiger partial charge on any atom is 0.338 e. The number of unbranched alkanes of at least 4 members (excludes halogenated alkanes) is 1. The Balaban J connectivity index is 1.77. The Morgan fingerprint density at radius 3 is 2.52 bits per heavy atom. The molecule has 6 nitrogen and oxygen atoms in total. The van der Waals surface area contributed by atoms with E-state index in [0.717, 1.165) is 18.4 Å². The maximum atomic E-state index is 11.9. The van der Waals surface area contributed by atoms with E-state index in [4.69, 9.17) is 21.1 Å². The van der Waals surface area contributed by atoms with Crippen LogP contribution in [0.3, 0.4) is 0 Å². The second-order valence-electron chi connectivity index (χ2n) is 6.11. The lowest BCUT2D eigenvalue weighted by atomic mass is 10.2. The van der Waals surface area contributed by atoms with Gasteiger partial charge in [-0.1, -0.05) is 37.1 Å². The van der Waals surface area contributed by atoms with Crippen LogP contribution in [0.2, 0.25) is 5.02 Å². The Morgan fingerprint density at radius 2 is 1.83 bits per heavy atom. The number of hydrogen-bond acceptors (Lipinski definition) is 5. The van der Waals surface area contributed by atoms with Gasteiger partial charge in [0.1, 0.15) is 0 Å². The smallest absolute Gasteiger partial charge is 0.338 e. The van der Waals surface area contributed by atoms with Gasteiger partial charge >= 0.3 is 11.9 Å². The Kier molecular flexibility index (Phi) is 8.92. The van der Waals surface area contributed by atoms with E-state index in [0.29, 0.717) is 22.9 Å². The fourth-order valence-electron chi connectivity index (χ4n) is 2.24. The topological polar surface area (TPSA) is 81.7 Å². The lowest BCUT2D eigenvalue weighted by molar-refractivity contribution is -0.142. The number of carbonyl (C=O) groups is 3. The highest BCUT2D eigenvalue weighted by molar-refractivity contribution is 6.30. The van der Waals surface area contributed by atoms with Crippen LogP contribution in [-0.2, 0) is 19.1 Å². The van der Waals surface area contributed by atoms with Crippen molar-refractivity contribution >= 4 is 41.2 Å². The van der Waals surface area contributed by atoms with Gasteiger partial charge in [0, 0.05) is 16.8 Å². The molecule has 2 aromatic rings. The van der Waals surface area contributed by atoms with Crippen LogP contribution in [0.4, 0.5) is 5.69 Å². The molecule has 0 heterocycles. The molecule has 2 aromatic carbocycles. The van der Waals surface area contributed by atoms with Gasteiger partial charge in [-0.15, -0.1) is 0 Å². The maximum absolute atomic E-state index is 11.9. The van der Waals surface area contributed by atoms with Gasteiger partial charge in [0.2, 0.25) is 0 Å². The first-order chi connectivity index (χ1) is 14.0. The molecule has 0 saturated heterocycles. The number of ether oxygens (including phenoxy) is 2. The van der Waals surface area contributed by atoms with Crippen LogP contribution in [-0.4, -0.2) is 31.1 Å². The summed E-state index contributed by atoms with van der Waals surface area (Å²) in [5.41, 5.74) is 1.62. The Hall–Kier alpha value is -3.12. The van der Waals surface area contributed by atoms with E-state index in [-0.39, 0.29) is 0 Å². The molecule has 1 amide bonds. The number of rotatable bonds is 9. The first-order valence-corrected chi connectivity index (χ1v) is 9.53. The molecule has 0 aliphatic heterocycles. The number of amides is 1. The number of benzene rings is 2. The average Bonchev–Trinajstić information content (AvgIpc) is 2.71. The van der Waals surface area contributed by atoms with Crippen LogP contribution < -0.4 is 5.32 Å². The summed E-state index contributed by atoms with van der Waals surface area (Å²) < 4.78 is 10.0. The molecule has 0 saturated carbocycles. The predicted molar refractivity (Wildman–Crippen MR) is 112 cm³/mol. The van der Waals surface area contributed by atoms with Crippen LogP contribution >= 0.6 is 11.6 Å². The van der Waals surface area contributed by atoms with Crippen LogP contribution in [0.1, 0.15) is 35.7 Å². The average molecular weight is 416 g/mol. The van der Waals surface area contributed by atoms with E-state index in [9.17, 15) is 14.4 Å². The van der Waals surface area contributed by atoms with Crippen LogP contribution in [0.15, 0.2) is 54.6 Å². The summed E-state index contributed by atoms with van der Waals surface area (Å²) in [6.07, 6.45) is 4.52. The third kappa shape index (κ3) is 8.19. The number of esters is 2. The van der Waals surface area contributed by atoms with Crippen molar-refractivity contribution in [3.05, 3.63) is 70.8 Å². The summed E-state index contributed by atoms with van der Waals surface area (Å²) in [6.45, 7) is 1.96. The molecule has 0 aliphatic rings. The first-order valence-electron chi connectivity index (χ1n) is 9.15. The second-order valence-corrected chi connectivity index (χ2v) is 6.55. The minimum atomic E-state index is -0.648. The van der Waals surface area contributed by atoms with Crippen molar-refractivity contribution in [1.29, 1.82) is 0 Å². The van der Waals surface area contributed by atoms with Crippen molar-refractivity contribution in [2.45, 2.75) is 19.8 Å². The van der Waals surface area contributed by atoms with Crippen molar-refractivity contribution in [3.63, 3.8) is 0 Å². The van der Waals surface area contributed by atoms with E-state index >= 15 is 0 Å². The fourth-order valence-corrected chi connectivity index (χ4v) is 2.44. The summed E-state index contributed by atoms with van der Waals surface area (Å²) >= 11 is 5.87. The highest BCUT2D eigenvalue weighted by atomic mass is 35.5. The van der Waals surface area contributed by atoms with E-state index in [1.54, 1.807) is 54.6 Å². The molecular formula is C22H22ClNO5. The lowest BCUT2D eigenvalue weighted by Gasteiger charge is -2.07. The zero-order chi connectivity index (χ0) is 21.1. The summed E-state index contributed by atoms with van der Waals surface area (Å²) in [5.74, 6) is -1.55. The molecule has 2 rings (SSSR count). The molecule has 7 heteroatoms. The molecule has 0 atom stereocenters. The summed E-state index contributed by atoms with van der Waals surface area (Å²) in [6, 6.07) is 13.2. The quantitative estimate of drug-likeness (QED) is 0.370. The zero-order valence-corrected chi connectivity index (χ0v) is 16.8. The van der Waals surface area contributed by atoms with Crippen LogP contribution in [0, 0.1) is 0 Å². The largest absolute Gasteiger partial charge is 0.462 e. The molecule has 0 aromatic heterocycles. The highest BCUT2D eigenvalue weighted by Gasteiger charge is 2.09. The van der Waals surface area contributed by atoms with Gasteiger partial charge in [0.05, 0.1) is 12.2 Å². The SMILES string of the molecule is CCCCOC(=O)c1ccc(NC(=O)COC(=O)/C=C/c2cccc(Cl)c2)cc1. The molecule has 0 radical (unpaired) electrons. The van der Waals surface area contributed by atoms with E-state index in [1.165, 1.54) is 6.08 Å². The van der Waals surface area contributed by atoms with Crippen LogP contribution in [0.5, 0.6) is 0 Å². The van der Waals surface area contributed by atoms with Gasteiger partial charge in [-0.05, 0) is 54.5 Å². The number of hydrogen-bond donors (Lipinski definition) is 1. The molecule has 1 N–H and O–H groups in total. The van der Waals surface area contributed by atoms with E-state index in [1.807, 2.05) is 6.92 Å². The summed E-state index contributed by atoms with van der Waals surface area (Å²) in [5, 5.41) is 3.14. The molecule has 29 heavy (non-hydrogen) atoms. The normalized spacial score (nSPS) is 10.6. The van der Waals surface area contributed by atoms with Gasteiger partial charge in [-0.25, -0.2) is 9.59 Å². The Morgan fingerprint density at radius 1 is 1.07 bits per heavy atom. The highest BCUT2D eigenvalue weighted by Crippen LogP contribution is 2.12.